The first-order valence-electron chi connectivity index (χ1n) is 8.97. The monoisotopic (exact) mass is 427 g/mol. The second kappa shape index (κ2) is 10.9. The van der Waals surface area contributed by atoms with Crippen molar-refractivity contribution < 1.29 is 23.9 Å². The second-order valence-electron chi connectivity index (χ2n) is 6.30. The number of Topliss-reactive ketones (excluding diaryl/α,β-unsaturated/α-hetero) is 1. The van der Waals surface area contributed by atoms with Gasteiger partial charge in [0, 0.05) is 17.2 Å². The largest absolute Gasteiger partial charge is 0.497 e. The fourth-order valence-electron chi connectivity index (χ4n) is 2.33. The van der Waals surface area contributed by atoms with Crippen LogP contribution >= 0.6 is 11.3 Å². The zero-order valence-electron chi connectivity index (χ0n) is 16.7. The van der Waals surface area contributed by atoms with E-state index in [1.807, 2.05) is 6.07 Å². The van der Waals surface area contributed by atoms with Gasteiger partial charge in [0.1, 0.15) is 16.8 Å². The van der Waals surface area contributed by atoms with E-state index in [-0.39, 0.29) is 0 Å². The molecule has 0 saturated carbocycles. The van der Waals surface area contributed by atoms with E-state index in [0.29, 0.717) is 16.5 Å². The van der Waals surface area contributed by atoms with Crippen LogP contribution in [-0.4, -0.2) is 42.4 Å². The van der Waals surface area contributed by atoms with Crippen molar-refractivity contribution >= 4 is 35.1 Å². The number of benzene rings is 1. The van der Waals surface area contributed by atoms with Crippen molar-refractivity contribution in [2.24, 2.45) is 0 Å². The van der Waals surface area contributed by atoms with Gasteiger partial charge in [-0.3, -0.25) is 9.59 Å². The summed E-state index contributed by atoms with van der Waals surface area (Å²) in [5.74, 6) is -2.23. The number of rotatable bonds is 9. The summed E-state index contributed by atoms with van der Waals surface area (Å²) >= 11 is 1.20. The van der Waals surface area contributed by atoms with E-state index in [2.05, 4.69) is 10.3 Å². The van der Waals surface area contributed by atoms with E-state index >= 15 is 0 Å². The van der Waals surface area contributed by atoms with E-state index in [1.54, 1.807) is 49.8 Å². The van der Waals surface area contributed by atoms with Gasteiger partial charge in [-0.15, -0.1) is 11.3 Å². The smallest absolute Gasteiger partial charge is 0.328 e. The Labute approximate surface area is 178 Å². The Bertz CT molecular complexity index is 975. The number of amides is 1. The predicted octanol–water partition coefficient (Wildman–Crippen LogP) is 2.40. The van der Waals surface area contributed by atoms with Crippen LogP contribution in [0.3, 0.4) is 0 Å². The molecule has 1 heterocycles. The molecule has 9 heteroatoms. The van der Waals surface area contributed by atoms with E-state index < -0.39 is 36.2 Å². The molecule has 0 bridgehead atoms. The molecular formula is C21H21N3O5S. The maximum atomic E-state index is 12.2. The molecule has 2 aromatic rings. The summed E-state index contributed by atoms with van der Waals surface area (Å²) in [7, 11) is 1.56. The first kappa shape index (κ1) is 22.8. The van der Waals surface area contributed by atoms with Crippen LogP contribution in [0.1, 0.15) is 29.1 Å². The van der Waals surface area contributed by atoms with Crippen molar-refractivity contribution in [3.8, 4) is 11.8 Å². The molecule has 0 saturated heterocycles. The lowest BCUT2D eigenvalue weighted by Crippen LogP contribution is -2.39. The minimum atomic E-state index is -1.09. The van der Waals surface area contributed by atoms with Gasteiger partial charge in [-0.05, 0) is 37.6 Å². The van der Waals surface area contributed by atoms with Crippen molar-refractivity contribution in [2.75, 3.05) is 13.7 Å². The lowest BCUT2D eigenvalue weighted by molar-refractivity contribution is -0.150. The summed E-state index contributed by atoms with van der Waals surface area (Å²) in [4.78, 5) is 40.4. The third-order valence-corrected chi connectivity index (χ3v) is 4.97. The molecule has 2 rings (SSSR count). The Balaban J connectivity index is 1.83. The Morgan fingerprint density at radius 2 is 2.00 bits per heavy atom. The first-order valence-corrected chi connectivity index (χ1v) is 9.85. The number of esters is 1. The van der Waals surface area contributed by atoms with Crippen LogP contribution in [0.15, 0.2) is 35.7 Å². The number of nitrogens with zero attached hydrogens (tertiary/aromatic N) is 2. The molecule has 1 aromatic heterocycles. The van der Waals surface area contributed by atoms with Crippen LogP contribution in [0.5, 0.6) is 5.75 Å². The van der Waals surface area contributed by atoms with Crippen molar-refractivity contribution in [3.63, 3.8) is 0 Å². The van der Waals surface area contributed by atoms with Crippen molar-refractivity contribution in [1.29, 1.82) is 5.26 Å². The molecule has 0 aliphatic carbocycles. The number of nitriles is 1. The molecule has 1 amide bonds. The topological polar surface area (TPSA) is 118 Å². The standard InChI is InChI=1S/C21H21N3O5S/c1-13-12-30-20(23-13)17(10-22)18(25)11-29-21(27)14(2)24-19(26)9-6-15-4-7-16(28-3)8-5-15/h4-9,12,14,17H,11H2,1-3H3,(H,24,26)/b9-6+/t14-,17-/m0/s1. The van der Waals surface area contributed by atoms with E-state index in [9.17, 15) is 19.6 Å². The van der Waals surface area contributed by atoms with Crippen LogP contribution in [-0.2, 0) is 19.1 Å². The highest BCUT2D eigenvalue weighted by atomic mass is 32.1. The minimum Gasteiger partial charge on any atom is -0.497 e. The molecule has 30 heavy (non-hydrogen) atoms. The molecule has 0 fully saturated rings. The van der Waals surface area contributed by atoms with Crippen molar-refractivity contribution in [2.45, 2.75) is 25.8 Å². The molecule has 0 spiro atoms. The van der Waals surface area contributed by atoms with E-state index in [4.69, 9.17) is 9.47 Å². The Morgan fingerprint density at radius 3 is 2.57 bits per heavy atom. The second-order valence-corrected chi connectivity index (χ2v) is 7.19. The lowest BCUT2D eigenvalue weighted by Gasteiger charge is -2.12. The number of thiazole rings is 1. The summed E-state index contributed by atoms with van der Waals surface area (Å²) in [6.07, 6.45) is 2.87. The highest BCUT2D eigenvalue weighted by Gasteiger charge is 2.25. The summed E-state index contributed by atoms with van der Waals surface area (Å²) in [6.45, 7) is 2.63. The van der Waals surface area contributed by atoms with Gasteiger partial charge < -0.3 is 14.8 Å². The van der Waals surface area contributed by atoms with Crippen LogP contribution in [0, 0.1) is 18.3 Å². The number of aromatic nitrogens is 1. The molecule has 156 valence electrons. The SMILES string of the molecule is COc1ccc(/C=C/C(=O)N[C@@H](C)C(=O)OCC(=O)[C@H](C#N)c2nc(C)cs2)cc1. The number of aryl methyl sites for hydroxylation is 1. The van der Waals surface area contributed by atoms with Gasteiger partial charge in [-0.25, -0.2) is 9.78 Å². The van der Waals surface area contributed by atoms with Crippen LogP contribution in [0.4, 0.5) is 0 Å². The van der Waals surface area contributed by atoms with Gasteiger partial charge >= 0.3 is 5.97 Å². The minimum absolute atomic E-state index is 0.362. The molecule has 1 N–H and O–H groups in total. The third-order valence-electron chi connectivity index (χ3n) is 3.95. The third kappa shape index (κ3) is 6.53. The quantitative estimate of drug-likeness (QED) is 0.482. The van der Waals surface area contributed by atoms with E-state index in [1.165, 1.54) is 24.3 Å². The maximum Gasteiger partial charge on any atom is 0.328 e. The number of carbonyl (C=O) groups is 3. The summed E-state index contributed by atoms with van der Waals surface area (Å²) in [5.41, 5.74) is 1.49. The molecule has 1 aromatic carbocycles. The number of ketones is 1. The number of hydrogen-bond acceptors (Lipinski definition) is 8. The maximum absolute atomic E-state index is 12.2. The molecule has 0 aliphatic rings. The number of ether oxygens (including phenoxy) is 2. The van der Waals surface area contributed by atoms with Crippen LogP contribution in [0.2, 0.25) is 0 Å². The average Bonchev–Trinajstić information content (AvgIpc) is 3.17. The number of methoxy groups -OCH3 is 1. The zero-order valence-corrected chi connectivity index (χ0v) is 17.6. The Morgan fingerprint density at radius 1 is 1.30 bits per heavy atom. The normalized spacial score (nSPS) is 12.6. The number of carbonyl (C=O) groups excluding carboxylic acids is 3. The fourth-order valence-corrected chi connectivity index (χ4v) is 3.19. The summed E-state index contributed by atoms with van der Waals surface area (Å²) in [5, 5.41) is 13.8. The summed E-state index contributed by atoms with van der Waals surface area (Å²) < 4.78 is 10.0. The van der Waals surface area contributed by atoms with Crippen LogP contribution in [0.25, 0.3) is 6.08 Å². The molecule has 2 atom stereocenters. The Hall–Kier alpha value is -3.51. The van der Waals surface area contributed by atoms with Gasteiger partial charge in [0.2, 0.25) is 5.91 Å². The summed E-state index contributed by atoms with van der Waals surface area (Å²) in [6, 6.07) is 7.99. The molecular weight excluding hydrogens is 406 g/mol. The van der Waals surface area contributed by atoms with E-state index in [0.717, 1.165) is 5.56 Å². The highest BCUT2D eigenvalue weighted by molar-refractivity contribution is 7.09. The lowest BCUT2D eigenvalue weighted by atomic mass is 10.1. The molecule has 0 aliphatic heterocycles. The number of hydrogen-bond donors (Lipinski definition) is 1. The molecule has 8 nitrogen and oxygen atoms in total. The fraction of sp³-hybridized carbons (Fsp3) is 0.286. The molecule has 0 radical (unpaired) electrons. The van der Waals surface area contributed by atoms with Gasteiger partial charge in [0.15, 0.2) is 18.3 Å². The van der Waals surface area contributed by atoms with Crippen LogP contribution < -0.4 is 10.1 Å². The van der Waals surface area contributed by atoms with Gasteiger partial charge in [-0.2, -0.15) is 5.26 Å². The zero-order chi connectivity index (χ0) is 22.1. The van der Waals surface area contributed by atoms with Gasteiger partial charge in [-0.1, -0.05) is 12.1 Å². The number of nitrogens with one attached hydrogen (secondary N) is 1. The predicted molar refractivity (Wildman–Crippen MR) is 111 cm³/mol. The van der Waals surface area contributed by atoms with Crippen molar-refractivity contribution in [3.05, 3.63) is 52.0 Å². The average molecular weight is 427 g/mol. The Kier molecular flexibility index (Phi) is 8.26. The first-order chi connectivity index (χ1) is 14.3. The highest BCUT2D eigenvalue weighted by Crippen LogP contribution is 2.20. The van der Waals surface area contributed by atoms with Gasteiger partial charge in [0.05, 0.1) is 13.2 Å². The van der Waals surface area contributed by atoms with Gasteiger partial charge in [0.25, 0.3) is 0 Å². The molecule has 0 unspecified atom stereocenters. The van der Waals surface area contributed by atoms with Crippen molar-refractivity contribution in [1.82, 2.24) is 10.3 Å².